The van der Waals surface area contributed by atoms with Crippen molar-refractivity contribution in [3.05, 3.63) is 76.6 Å². The standard InChI is InChI=1S/C22H23F2N3O2/c1-3-4-19-21(25-22(28)17-11-8-15(23)13-18(17)24)20(27-26-19)12-7-14-5-9-16(29-2)10-6-14/h5-6,8-11,13H,3-4,7,12H2,1-2H3,(H,25,28)(H,26,27). The lowest BCUT2D eigenvalue weighted by Gasteiger charge is -2.09. The van der Waals surface area contributed by atoms with Crippen LogP contribution in [0.2, 0.25) is 0 Å². The third kappa shape index (κ3) is 4.99. The molecule has 7 heteroatoms. The highest BCUT2D eigenvalue weighted by Gasteiger charge is 2.19. The van der Waals surface area contributed by atoms with Gasteiger partial charge in [0.25, 0.3) is 5.91 Å². The first-order valence-electron chi connectivity index (χ1n) is 9.47. The Morgan fingerprint density at radius 3 is 2.52 bits per heavy atom. The van der Waals surface area contributed by atoms with E-state index in [4.69, 9.17) is 4.74 Å². The molecule has 152 valence electrons. The Morgan fingerprint density at radius 1 is 1.10 bits per heavy atom. The van der Waals surface area contributed by atoms with Crippen molar-refractivity contribution in [3.63, 3.8) is 0 Å². The first-order chi connectivity index (χ1) is 14.0. The zero-order valence-electron chi connectivity index (χ0n) is 16.4. The molecule has 0 fully saturated rings. The lowest BCUT2D eigenvalue weighted by molar-refractivity contribution is 0.102. The first kappa shape index (κ1) is 20.5. The van der Waals surface area contributed by atoms with Crippen LogP contribution < -0.4 is 10.1 Å². The third-order valence-electron chi connectivity index (χ3n) is 4.64. The van der Waals surface area contributed by atoms with Gasteiger partial charge in [0.2, 0.25) is 0 Å². The van der Waals surface area contributed by atoms with Gasteiger partial charge in [0.15, 0.2) is 0 Å². The SMILES string of the molecule is CCCc1[nH]nc(CCc2ccc(OC)cc2)c1NC(=O)c1ccc(F)cc1F. The molecular formula is C22H23F2N3O2. The number of aryl methyl sites for hydroxylation is 3. The van der Waals surface area contributed by atoms with Crippen LogP contribution in [-0.2, 0) is 19.3 Å². The molecule has 0 aliphatic heterocycles. The molecule has 0 saturated carbocycles. The second-order valence-electron chi connectivity index (χ2n) is 6.70. The number of amides is 1. The number of benzene rings is 2. The number of hydrogen-bond acceptors (Lipinski definition) is 3. The Kier molecular flexibility index (Phi) is 6.59. The fraction of sp³-hybridized carbons (Fsp3) is 0.273. The highest BCUT2D eigenvalue weighted by Crippen LogP contribution is 2.23. The number of carbonyl (C=O) groups is 1. The van der Waals surface area contributed by atoms with Crippen LogP contribution in [0.5, 0.6) is 5.75 Å². The molecule has 3 aromatic rings. The molecule has 0 saturated heterocycles. The summed E-state index contributed by atoms with van der Waals surface area (Å²) in [4.78, 5) is 12.6. The van der Waals surface area contributed by atoms with Crippen molar-refractivity contribution in [1.29, 1.82) is 0 Å². The Bertz CT molecular complexity index is 984. The minimum atomic E-state index is -0.900. The summed E-state index contributed by atoms with van der Waals surface area (Å²) < 4.78 is 32.3. The minimum Gasteiger partial charge on any atom is -0.497 e. The predicted octanol–water partition coefficient (Wildman–Crippen LogP) is 4.69. The van der Waals surface area contributed by atoms with Crippen molar-refractivity contribution >= 4 is 11.6 Å². The number of rotatable bonds is 8. The molecule has 1 aromatic heterocycles. The van der Waals surface area contributed by atoms with E-state index in [-0.39, 0.29) is 5.56 Å². The van der Waals surface area contributed by atoms with Crippen molar-refractivity contribution in [3.8, 4) is 5.75 Å². The van der Waals surface area contributed by atoms with Crippen LogP contribution in [0.15, 0.2) is 42.5 Å². The number of aromatic amines is 1. The molecule has 29 heavy (non-hydrogen) atoms. The number of H-pyrrole nitrogens is 1. The van der Waals surface area contributed by atoms with Crippen molar-refractivity contribution in [1.82, 2.24) is 10.2 Å². The first-order valence-corrected chi connectivity index (χ1v) is 9.47. The molecule has 0 unspecified atom stereocenters. The lowest BCUT2D eigenvalue weighted by atomic mass is 10.1. The molecule has 1 heterocycles. The molecular weight excluding hydrogens is 376 g/mol. The van der Waals surface area contributed by atoms with E-state index < -0.39 is 17.5 Å². The van der Waals surface area contributed by atoms with E-state index in [1.54, 1.807) is 7.11 Å². The van der Waals surface area contributed by atoms with Gasteiger partial charge in [-0.1, -0.05) is 25.5 Å². The van der Waals surface area contributed by atoms with E-state index in [9.17, 15) is 13.6 Å². The fourth-order valence-corrected chi connectivity index (χ4v) is 3.09. The molecule has 0 aliphatic carbocycles. The van der Waals surface area contributed by atoms with Gasteiger partial charge in [0.1, 0.15) is 17.4 Å². The van der Waals surface area contributed by atoms with E-state index in [2.05, 4.69) is 15.5 Å². The largest absolute Gasteiger partial charge is 0.497 e. The summed E-state index contributed by atoms with van der Waals surface area (Å²) in [7, 11) is 1.62. The van der Waals surface area contributed by atoms with E-state index >= 15 is 0 Å². The van der Waals surface area contributed by atoms with Crippen LogP contribution >= 0.6 is 0 Å². The highest BCUT2D eigenvalue weighted by atomic mass is 19.1. The number of methoxy groups -OCH3 is 1. The van der Waals surface area contributed by atoms with Crippen LogP contribution in [0.4, 0.5) is 14.5 Å². The number of ether oxygens (including phenoxy) is 1. The molecule has 0 bridgehead atoms. The monoisotopic (exact) mass is 399 g/mol. The number of anilines is 1. The second-order valence-corrected chi connectivity index (χ2v) is 6.70. The molecule has 2 aromatic carbocycles. The summed E-state index contributed by atoms with van der Waals surface area (Å²) in [6.45, 7) is 2.02. The Labute approximate surface area is 168 Å². The molecule has 0 radical (unpaired) electrons. The smallest absolute Gasteiger partial charge is 0.258 e. The number of halogens is 2. The molecule has 3 rings (SSSR count). The van der Waals surface area contributed by atoms with E-state index in [1.807, 2.05) is 31.2 Å². The maximum atomic E-state index is 14.0. The van der Waals surface area contributed by atoms with Crippen molar-refractivity contribution in [2.24, 2.45) is 0 Å². The van der Waals surface area contributed by atoms with Gasteiger partial charge < -0.3 is 10.1 Å². The van der Waals surface area contributed by atoms with Crippen LogP contribution in [0, 0.1) is 11.6 Å². The van der Waals surface area contributed by atoms with E-state index in [0.717, 1.165) is 35.6 Å². The summed E-state index contributed by atoms with van der Waals surface area (Å²) in [5.74, 6) is -1.47. The van der Waals surface area contributed by atoms with Crippen molar-refractivity contribution < 1.29 is 18.3 Å². The van der Waals surface area contributed by atoms with E-state index in [0.29, 0.717) is 36.7 Å². The van der Waals surface area contributed by atoms with Crippen LogP contribution in [0.3, 0.4) is 0 Å². The number of aromatic nitrogens is 2. The van der Waals surface area contributed by atoms with Gasteiger partial charge in [0, 0.05) is 6.07 Å². The predicted molar refractivity (Wildman–Crippen MR) is 107 cm³/mol. The summed E-state index contributed by atoms with van der Waals surface area (Å²) in [5, 5.41) is 10.1. The minimum absolute atomic E-state index is 0.212. The summed E-state index contributed by atoms with van der Waals surface area (Å²) in [6, 6.07) is 10.6. The van der Waals surface area contributed by atoms with Gasteiger partial charge in [0.05, 0.1) is 29.7 Å². The molecule has 0 atom stereocenters. The van der Waals surface area contributed by atoms with Gasteiger partial charge >= 0.3 is 0 Å². The molecule has 0 spiro atoms. The molecule has 2 N–H and O–H groups in total. The Hall–Kier alpha value is -3.22. The van der Waals surface area contributed by atoms with E-state index in [1.165, 1.54) is 0 Å². The summed E-state index contributed by atoms with van der Waals surface area (Å²) >= 11 is 0. The zero-order valence-corrected chi connectivity index (χ0v) is 16.4. The Balaban J connectivity index is 1.78. The third-order valence-corrected chi connectivity index (χ3v) is 4.64. The average molecular weight is 399 g/mol. The fourth-order valence-electron chi connectivity index (χ4n) is 3.09. The number of nitrogens with one attached hydrogen (secondary N) is 2. The van der Waals surface area contributed by atoms with Gasteiger partial charge in [-0.2, -0.15) is 5.10 Å². The van der Waals surface area contributed by atoms with Gasteiger partial charge in [-0.05, 0) is 49.1 Å². The average Bonchev–Trinajstić information content (AvgIpc) is 3.08. The highest BCUT2D eigenvalue weighted by molar-refractivity contribution is 6.05. The summed E-state index contributed by atoms with van der Waals surface area (Å²) in [6.07, 6.45) is 2.85. The van der Waals surface area contributed by atoms with Crippen LogP contribution in [0.25, 0.3) is 0 Å². The maximum absolute atomic E-state index is 14.0. The normalized spacial score (nSPS) is 10.8. The van der Waals surface area contributed by atoms with Gasteiger partial charge in [-0.3, -0.25) is 9.89 Å². The summed E-state index contributed by atoms with van der Waals surface area (Å²) in [5.41, 5.74) is 2.94. The van der Waals surface area contributed by atoms with Crippen LogP contribution in [-0.4, -0.2) is 23.2 Å². The van der Waals surface area contributed by atoms with Crippen molar-refractivity contribution in [2.45, 2.75) is 32.6 Å². The topological polar surface area (TPSA) is 67.0 Å². The second kappa shape index (κ2) is 9.32. The van der Waals surface area contributed by atoms with Gasteiger partial charge in [-0.25, -0.2) is 8.78 Å². The maximum Gasteiger partial charge on any atom is 0.258 e. The molecule has 1 amide bonds. The number of nitrogens with zero attached hydrogens (tertiary/aromatic N) is 1. The number of carbonyl (C=O) groups excluding carboxylic acids is 1. The number of hydrogen-bond donors (Lipinski definition) is 2. The molecule has 0 aliphatic rings. The van der Waals surface area contributed by atoms with Crippen LogP contribution in [0.1, 0.15) is 40.7 Å². The lowest BCUT2D eigenvalue weighted by Crippen LogP contribution is -2.16. The quantitative estimate of drug-likeness (QED) is 0.578. The van der Waals surface area contributed by atoms with Crippen molar-refractivity contribution in [2.75, 3.05) is 12.4 Å². The zero-order chi connectivity index (χ0) is 20.8. The van der Waals surface area contributed by atoms with Gasteiger partial charge in [-0.15, -0.1) is 0 Å². The Morgan fingerprint density at radius 2 is 1.86 bits per heavy atom. The molecule has 5 nitrogen and oxygen atoms in total.